The first-order valence-corrected chi connectivity index (χ1v) is 10.6. The van der Waals surface area contributed by atoms with Crippen molar-refractivity contribution in [1.29, 1.82) is 0 Å². The number of carbonyl (C=O) groups is 3. The van der Waals surface area contributed by atoms with Gasteiger partial charge in [0.05, 0.1) is 6.61 Å². The van der Waals surface area contributed by atoms with Gasteiger partial charge in [-0.05, 0) is 24.5 Å². The van der Waals surface area contributed by atoms with Crippen LogP contribution in [0.2, 0.25) is 0 Å². The highest BCUT2D eigenvalue weighted by Gasteiger charge is 2.30. The average Bonchev–Trinajstić information content (AvgIpc) is 2.81. The van der Waals surface area contributed by atoms with Crippen LogP contribution in [0.15, 0.2) is 84.4 Å². The average molecular weight is 448 g/mol. The molecule has 1 aliphatic rings. The predicted molar refractivity (Wildman–Crippen MR) is 124 cm³/mol. The topological polar surface area (TPSA) is 87.2 Å². The van der Waals surface area contributed by atoms with Crippen LogP contribution in [0, 0.1) is 5.92 Å². The molecule has 0 atom stereocenters. The van der Waals surface area contributed by atoms with E-state index in [1.54, 1.807) is 6.08 Å². The van der Waals surface area contributed by atoms with Crippen molar-refractivity contribution >= 4 is 17.8 Å². The number of allylic oxidation sites excluding steroid dienone is 2. The van der Waals surface area contributed by atoms with E-state index >= 15 is 0 Å². The van der Waals surface area contributed by atoms with Gasteiger partial charge in [0, 0.05) is 31.2 Å². The van der Waals surface area contributed by atoms with Crippen molar-refractivity contribution in [1.82, 2.24) is 9.80 Å². The zero-order valence-electron chi connectivity index (χ0n) is 18.7. The van der Waals surface area contributed by atoms with Gasteiger partial charge in [-0.15, -0.1) is 0 Å². The molecule has 0 saturated carbocycles. The molecule has 0 spiro atoms. The third kappa shape index (κ3) is 6.32. The zero-order valence-corrected chi connectivity index (χ0v) is 18.7. The van der Waals surface area contributed by atoms with Crippen LogP contribution < -0.4 is 0 Å². The third-order valence-electron chi connectivity index (χ3n) is 5.21. The number of hydrogen-bond donors (Lipinski definition) is 1. The molecule has 2 aromatic carbocycles. The molecule has 1 N–H and O–H groups in total. The van der Waals surface area contributed by atoms with Gasteiger partial charge in [0.1, 0.15) is 12.3 Å². The van der Waals surface area contributed by atoms with Gasteiger partial charge < -0.3 is 9.84 Å². The minimum atomic E-state index is -0.631. The lowest BCUT2D eigenvalue weighted by Crippen LogP contribution is -2.45. The number of ether oxygens (including phenoxy) is 1. The number of nitrogens with zero attached hydrogens (tertiary/aromatic N) is 2. The minimum Gasteiger partial charge on any atom is -0.494 e. The molecule has 0 saturated heterocycles. The van der Waals surface area contributed by atoms with Crippen molar-refractivity contribution in [2.24, 2.45) is 0 Å². The van der Waals surface area contributed by atoms with Crippen LogP contribution in [0.5, 0.6) is 0 Å². The van der Waals surface area contributed by atoms with Gasteiger partial charge in [-0.3, -0.25) is 19.4 Å². The smallest absolute Gasteiger partial charge is 0.331 e. The van der Waals surface area contributed by atoms with Gasteiger partial charge in [0.15, 0.2) is 5.88 Å². The van der Waals surface area contributed by atoms with Crippen LogP contribution in [-0.2, 0) is 14.3 Å². The first kappa shape index (κ1) is 23.8. The van der Waals surface area contributed by atoms with Gasteiger partial charge in [-0.1, -0.05) is 66.7 Å². The molecule has 1 radical (unpaired) electrons. The summed E-state index contributed by atoms with van der Waals surface area (Å²) in [5.74, 6) is 0.101. The maximum atomic E-state index is 12.8. The number of rotatable bonds is 9. The molecule has 1 heterocycles. The molecule has 1 aliphatic heterocycles. The van der Waals surface area contributed by atoms with Crippen molar-refractivity contribution in [3.8, 4) is 0 Å². The van der Waals surface area contributed by atoms with E-state index in [2.05, 4.69) is 0 Å². The third-order valence-corrected chi connectivity index (χ3v) is 5.21. The van der Waals surface area contributed by atoms with Crippen LogP contribution in [0.1, 0.15) is 30.9 Å². The van der Waals surface area contributed by atoms with Crippen LogP contribution in [0.4, 0.5) is 4.79 Å². The summed E-state index contributed by atoms with van der Waals surface area (Å²) >= 11 is 0. The second-order valence-corrected chi connectivity index (χ2v) is 7.65. The molecule has 3 rings (SSSR count). The van der Waals surface area contributed by atoms with Gasteiger partial charge >= 0.3 is 12.0 Å². The van der Waals surface area contributed by atoms with E-state index in [1.807, 2.05) is 60.7 Å². The van der Waals surface area contributed by atoms with Crippen molar-refractivity contribution in [3.05, 3.63) is 101 Å². The number of amides is 2. The molecule has 0 unspecified atom stereocenters. The summed E-state index contributed by atoms with van der Waals surface area (Å²) in [7, 11) is 1.42. The summed E-state index contributed by atoms with van der Waals surface area (Å²) in [5, 5.41) is 10.2. The summed E-state index contributed by atoms with van der Waals surface area (Å²) in [6.07, 6.45) is 3.83. The Morgan fingerprint density at radius 3 is 2.12 bits per heavy atom. The van der Waals surface area contributed by atoms with E-state index in [0.717, 1.165) is 21.9 Å². The monoisotopic (exact) mass is 447 g/mol. The molecular formula is C26H27N2O5. The number of aliphatic hydroxyl groups excluding tert-OH is 1. The van der Waals surface area contributed by atoms with E-state index in [0.29, 0.717) is 12.1 Å². The molecule has 2 aromatic rings. The number of aliphatic hydroxyl groups is 1. The fourth-order valence-electron chi connectivity index (χ4n) is 3.40. The molecule has 7 heteroatoms. The van der Waals surface area contributed by atoms with Crippen LogP contribution in [-0.4, -0.2) is 52.9 Å². The van der Waals surface area contributed by atoms with Gasteiger partial charge in [0.25, 0.3) is 0 Å². The number of urea groups is 1. The number of benzene rings is 2. The number of Topliss-reactive ketones (excluding diaryl/α,β-unsaturated/α-hetero) is 1. The lowest BCUT2D eigenvalue weighted by atomic mass is 9.88. The van der Waals surface area contributed by atoms with Gasteiger partial charge in [-0.2, -0.15) is 0 Å². The lowest BCUT2D eigenvalue weighted by molar-refractivity contribution is -0.144. The van der Waals surface area contributed by atoms with Gasteiger partial charge in [-0.25, -0.2) is 4.79 Å². The Morgan fingerprint density at radius 1 is 1.00 bits per heavy atom. The van der Waals surface area contributed by atoms with Crippen molar-refractivity contribution in [3.63, 3.8) is 0 Å². The van der Waals surface area contributed by atoms with E-state index in [-0.39, 0.29) is 31.2 Å². The Morgan fingerprint density at radius 2 is 1.58 bits per heavy atom. The van der Waals surface area contributed by atoms with Crippen LogP contribution >= 0.6 is 0 Å². The molecule has 171 valence electrons. The van der Waals surface area contributed by atoms with Gasteiger partial charge in [0.2, 0.25) is 0 Å². The highest BCUT2D eigenvalue weighted by Crippen LogP contribution is 2.29. The summed E-state index contributed by atoms with van der Waals surface area (Å²) in [6.45, 7) is 1.05. The standard InChI is InChI=1S/C26H27N2O5/c1-19(29)15-16-33-25(31)18-28-22(17-24(30)27(2)26(28)32)13-14-23(20-9-5-3-6-10-20)21-11-7-4-8-12-21/h3-13,17,30H,14-16,18H2,1-2H3/b22-13+. The molecule has 0 aliphatic carbocycles. The van der Waals surface area contributed by atoms with E-state index in [4.69, 9.17) is 4.74 Å². The fraction of sp³-hybridized carbons (Fsp3) is 0.231. The molecule has 2 amide bonds. The van der Waals surface area contributed by atoms with Crippen molar-refractivity contribution in [2.45, 2.75) is 19.8 Å². The summed E-state index contributed by atoms with van der Waals surface area (Å²) < 4.78 is 5.09. The summed E-state index contributed by atoms with van der Waals surface area (Å²) in [5.41, 5.74) is 2.45. The number of carbonyl (C=O) groups excluding carboxylic acids is 3. The quantitative estimate of drug-likeness (QED) is 0.582. The molecule has 0 aromatic heterocycles. The van der Waals surface area contributed by atoms with E-state index < -0.39 is 12.0 Å². The van der Waals surface area contributed by atoms with Crippen LogP contribution in [0.3, 0.4) is 0 Å². The largest absolute Gasteiger partial charge is 0.494 e. The SMILES string of the molecule is CC(=O)CCOC(=O)CN1C(=O)N(C)C(O)=C/C1=C\C[C](c1ccccc1)c1ccccc1. The Balaban J connectivity index is 1.85. The Kier molecular flexibility index (Phi) is 8.02. The summed E-state index contributed by atoms with van der Waals surface area (Å²) in [4.78, 5) is 38.5. The van der Waals surface area contributed by atoms with Crippen molar-refractivity contribution < 1.29 is 24.2 Å². The molecule has 0 bridgehead atoms. The maximum Gasteiger partial charge on any atom is 0.331 e. The number of esters is 1. The highest BCUT2D eigenvalue weighted by atomic mass is 16.5. The zero-order chi connectivity index (χ0) is 23.8. The summed E-state index contributed by atoms with van der Waals surface area (Å²) in [6, 6.07) is 19.2. The molecular weight excluding hydrogens is 420 g/mol. The Labute approximate surface area is 193 Å². The second-order valence-electron chi connectivity index (χ2n) is 7.65. The van der Waals surface area contributed by atoms with Crippen molar-refractivity contribution in [2.75, 3.05) is 20.2 Å². The van der Waals surface area contributed by atoms with E-state index in [9.17, 15) is 19.5 Å². The maximum absolute atomic E-state index is 12.8. The highest BCUT2D eigenvalue weighted by molar-refractivity contribution is 5.85. The predicted octanol–water partition coefficient (Wildman–Crippen LogP) is 4.22. The second kappa shape index (κ2) is 11.1. The fourth-order valence-corrected chi connectivity index (χ4v) is 3.40. The first-order chi connectivity index (χ1) is 15.9. The van der Waals surface area contributed by atoms with Crippen LogP contribution in [0.25, 0.3) is 0 Å². The van der Waals surface area contributed by atoms with E-state index in [1.165, 1.54) is 24.9 Å². The Hall–Kier alpha value is -3.87. The number of hydrogen-bond acceptors (Lipinski definition) is 5. The first-order valence-electron chi connectivity index (χ1n) is 10.6. The molecule has 7 nitrogen and oxygen atoms in total. The molecule has 33 heavy (non-hydrogen) atoms. The number of ketones is 1. The lowest BCUT2D eigenvalue weighted by Gasteiger charge is -2.32. The molecule has 0 fully saturated rings. The Bertz CT molecular complexity index is 1010. The minimum absolute atomic E-state index is 0.0356. The normalized spacial score (nSPS) is 15.1.